The third-order valence-corrected chi connectivity index (χ3v) is 2.68. The van der Waals surface area contributed by atoms with Crippen LogP contribution in [0, 0.1) is 5.92 Å². The van der Waals surface area contributed by atoms with Gasteiger partial charge >= 0.3 is 0 Å². The van der Waals surface area contributed by atoms with E-state index in [0.29, 0.717) is 11.0 Å². The Hall–Kier alpha value is -1.42. The quantitative estimate of drug-likeness (QED) is 0.504. The predicted molar refractivity (Wildman–Crippen MR) is 91.1 cm³/mol. The van der Waals surface area contributed by atoms with E-state index in [0.717, 1.165) is 17.7 Å². The van der Waals surface area contributed by atoms with E-state index in [1.807, 2.05) is 18.2 Å². The van der Waals surface area contributed by atoms with Gasteiger partial charge in [-0.25, -0.2) is 0 Å². The number of rotatable bonds is 4. The van der Waals surface area contributed by atoms with Crippen molar-refractivity contribution < 1.29 is 0 Å². The fourth-order valence-electron chi connectivity index (χ4n) is 1.73. The summed E-state index contributed by atoms with van der Waals surface area (Å²) in [6.07, 6.45) is 0.912. The number of benzene rings is 1. The maximum Gasteiger partial charge on any atom is 0.187 e. The molecule has 0 saturated heterocycles. The summed E-state index contributed by atoms with van der Waals surface area (Å²) in [6.45, 7) is 10.6. The molecule has 0 fully saturated rings. The van der Waals surface area contributed by atoms with Crippen LogP contribution in [0.2, 0.25) is 0 Å². The van der Waals surface area contributed by atoms with Gasteiger partial charge < -0.3 is 5.32 Å². The molecule has 0 atom stereocenters. The molecule has 0 aliphatic heterocycles. The normalized spacial score (nSPS) is 12.4. The van der Waals surface area contributed by atoms with Gasteiger partial charge in [-0.15, -0.1) is 0 Å². The summed E-state index contributed by atoms with van der Waals surface area (Å²) >= 11 is 5.25. The van der Waals surface area contributed by atoms with Crippen molar-refractivity contribution in [3.05, 3.63) is 35.9 Å². The fraction of sp³-hybridized carbons (Fsp3) is 0.500. The van der Waals surface area contributed by atoms with Gasteiger partial charge in [0, 0.05) is 5.54 Å². The first-order valence-electron chi connectivity index (χ1n) is 6.98. The van der Waals surface area contributed by atoms with Crippen LogP contribution in [0.3, 0.4) is 0 Å². The van der Waals surface area contributed by atoms with E-state index in [1.165, 1.54) is 0 Å². The number of nitrogens with one attached hydrogen (secondary N) is 2. The summed E-state index contributed by atoms with van der Waals surface area (Å²) in [5.74, 6) is 0.542. The third-order valence-electron chi connectivity index (χ3n) is 2.49. The van der Waals surface area contributed by atoms with Crippen molar-refractivity contribution in [2.24, 2.45) is 11.0 Å². The molecule has 0 bridgehead atoms. The molecule has 1 aromatic carbocycles. The van der Waals surface area contributed by atoms with Gasteiger partial charge in [0.05, 0.1) is 5.71 Å². The Balaban J connectivity index is 2.79. The molecule has 0 aromatic heterocycles. The Morgan fingerprint density at radius 3 is 2.30 bits per heavy atom. The van der Waals surface area contributed by atoms with Crippen LogP contribution in [-0.2, 0) is 0 Å². The largest absolute Gasteiger partial charge is 0.357 e. The Morgan fingerprint density at radius 1 is 1.20 bits per heavy atom. The Labute approximate surface area is 127 Å². The summed E-state index contributed by atoms with van der Waals surface area (Å²) in [7, 11) is 0. The molecule has 0 amide bonds. The van der Waals surface area contributed by atoms with Gasteiger partial charge in [0.2, 0.25) is 0 Å². The maximum atomic E-state index is 5.25. The van der Waals surface area contributed by atoms with E-state index < -0.39 is 0 Å². The van der Waals surface area contributed by atoms with Gasteiger partial charge in [0.15, 0.2) is 5.11 Å². The molecular formula is C16H25N3S. The predicted octanol–water partition coefficient (Wildman–Crippen LogP) is 3.70. The fourth-order valence-corrected chi connectivity index (χ4v) is 2.08. The molecule has 20 heavy (non-hydrogen) atoms. The van der Waals surface area contributed by atoms with Crippen molar-refractivity contribution >= 4 is 23.0 Å². The average molecular weight is 291 g/mol. The van der Waals surface area contributed by atoms with Crippen molar-refractivity contribution in [3.8, 4) is 0 Å². The minimum absolute atomic E-state index is 0.0649. The Bertz CT molecular complexity index is 458. The summed E-state index contributed by atoms with van der Waals surface area (Å²) in [5.41, 5.74) is 5.04. The molecule has 1 aromatic rings. The zero-order chi connectivity index (χ0) is 15.2. The van der Waals surface area contributed by atoms with Gasteiger partial charge in [-0.1, -0.05) is 44.2 Å². The first-order chi connectivity index (χ1) is 9.28. The van der Waals surface area contributed by atoms with Crippen LogP contribution in [0.25, 0.3) is 0 Å². The van der Waals surface area contributed by atoms with E-state index in [9.17, 15) is 0 Å². The smallest absolute Gasteiger partial charge is 0.187 e. The lowest BCUT2D eigenvalue weighted by Crippen LogP contribution is -2.45. The summed E-state index contributed by atoms with van der Waals surface area (Å²) in [5, 5.41) is 8.22. The number of nitrogens with zero attached hydrogens (tertiary/aromatic N) is 1. The van der Waals surface area contributed by atoms with Gasteiger partial charge in [-0.3, -0.25) is 5.43 Å². The molecule has 0 unspecified atom stereocenters. The standard InChI is InChI=1S/C16H25N3S/c1-12(2)11-14(13-9-7-6-8-10-13)18-19-15(20)17-16(3,4)5/h6-10,12H,11H2,1-5H3,(H2,17,19,20)/b18-14-. The van der Waals surface area contributed by atoms with Crippen LogP contribution in [0.15, 0.2) is 35.4 Å². The maximum absolute atomic E-state index is 5.25. The molecule has 0 aliphatic rings. The third kappa shape index (κ3) is 6.66. The highest BCUT2D eigenvalue weighted by atomic mass is 32.1. The van der Waals surface area contributed by atoms with Gasteiger partial charge in [-0.05, 0) is 50.9 Å². The molecule has 4 heteroatoms. The second-order valence-corrected chi connectivity index (χ2v) is 6.75. The van der Waals surface area contributed by atoms with Crippen molar-refractivity contribution in [2.75, 3.05) is 0 Å². The monoisotopic (exact) mass is 291 g/mol. The van der Waals surface area contributed by atoms with Crippen LogP contribution in [0.1, 0.15) is 46.6 Å². The number of thiocarbonyl (C=S) groups is 1. The molecule has 0 aliphatic carbocycles. The summed E-state index contributed by atoms with van der Waals surface area (Å²) < 4.78 is 0. The van der Waals surface area contributed by atoms with E-state index in [4.69, 9.17) is 12.2 Å². The first kappa shape index (κ1) is 16.6. The molecule has 3 nitrogen and oxygen atoms in total. The Kier molecular flexibility index (Phi) is 6.14. The highest BCUT2D eigenvalue weighted by molar-refractivity contribution is 7.80. The molecule has 0 heterocycles. The average Bonchev–Trinajstić information content (AvgIpc) is 2.33. The highest BCUT2D eigenvalue weighted by Crippen LogP contribution is 2.10. The van der Waals surface area contributed by atoms with E-state index in [1.54, 1.807) is 0 Å². The second kappa shape index (κ2) is 7.39. The van der Waals surface area contributed by atoms with E-state index >= 15 is 0 Å². The molecule has 2 N–H and O–H groups in total. The van der Waals surface area contributed by atoms with Crippen molar-refractivity contribution in [2.45, 2.75) is 46.6 Å². The SMILES string of the molecule is CC(C)C/C(=N/NC(=S)NC(C)(C)C)c1ccccc1. The number of hydrazone groups is 1. The van der Waals surface area contributed by atoms with Crippen molar-refractivity contribution in [1.29, 1.82) is 0 Å². The molecule has 110 valence electrons. The lowest BCUT2D eigenvalue weighted by atomic mass is 10.0. The van der Waals surface area contributed by atoms with Gasteiger partial charge in [0.25, 0.3) is 0 Å². The van der Waals surface area contributed by atoms with E-state index in [2.05, 4.69) is 62.6 Å². The molecule has 0 saturated carbocycles. The highest BCUT2D eigenvalue weighted by Gasteiger charge is 2.11. The minimum atomic E-state index is -0.0649. The van der Waals surface area contributed by atoms with Crippen LogP contribution in [-0.4, -0.2) is 16.4 Å². The lowest BCUT2D eigenvalue weighted by Gasteiger charge is -2.22. The van der Waals surface area contributed by atoms with Gasteiger partial charge in [-0.2, -0.15) is 5.10 Å². The van der Waals surface area contributed by atoms with Crippen molar-refractivity contribution in [1.82, 2.24) is 10.7 Å². The van der Waals surface area contributed by atoms with Crippen molar-refractivity contribution in [3.63, 3.8) is 0 Å². The van der Waals surface area contributed by atoms with Crippen LogP contribution >= 0.6 is 12.2 Å². The summed E-state index contributed by atoms with van der Waals surface area (Å²) in [6, 6.07) is 10.2. The van der Waals surface area contributed by atoms with Gasteiger partial charge in [0.1, 0.15) is 0 Å². The first-order valence-corrected chi connectivity index (χ1v) is 7.39. The zero-order valence-electron chi connectivity index (χ0n) is 13.0. The summed E-state index contributed by atoms with van der Waals surface area (Å²) in [4.78, 5) is 0. The molecular weight excluding hydrogens is 266 g/mol. The Morgan fingerprint density at radius 2 is 1.80 bits per heavy atom. The van der Waals surface area contributed by atoms with Crippen LogP contribution in [0.5, 0.6) is 0 Å². The van der Waals surface area contributed by atoms with E-state index in [-0.39, 0.29) is 5.54 Å². The number of hydrogen-bond donors (Lipinski definition) is 2. The zero-order valence-corrected chi connectivity index (χ0v) is 13.8. The minimum Gasteiger partial charge on any atom is -0.357 e. The number of hydrogen-bond acceptors (Lipinski definition) is 2. The second-order valence-electron chi connectivity index (χ2n) is 6.34. The van der Waals surface area contributed by atoms with Crippen LogP contribution in [0.4, 0.5) is 0 Å². The molecule has 0 spiro atoms. The lowest BCUT2D eigenvalue weighted by molar-refractivity contribution is 0.507. The molecule has 0 radical (unpaired) electrons. The van der Waals surface area contributed by atoms with Crippen LogP contribution < -0.4 is 10.7 Å². The topological polar surface area (TPSA) is 36.4 Å². The molecule has 1 rings (SSSR count).